The van der Waals surface area contributed by atoms with E-state index < -0.39 is 4.92 Å². The molecule has 0 spiro atoms. The van der Waals surface area contributed by atoms with Crippen LogP contribution in [0.25, 0.3) is 0 Å². The Morgan fingerprint density at radius 1 is 1.56 bits per heavy atom. The van der Waals surface area contributed by atoms with E-state index in [0.29, 0.717) is 12.4 Å². The third kappa shape index (κ3) is 2.81. The molecule has 1 amide bonds. The number of nitrogens with one attached hydrogen (secondary N) is 2. The van der Waals surface area contributed by atoms with Crippen LogP contribution in [0.5, 0.6) is 0 Å². The molecule has 0 aliphatic heterocycles. The number of hydrogen-bond donors (Lipinski definition) is 2. The number of hydrogen-bond acceptors (Lipinski definition) is 3. The fraction of sp³-hybridized carbons (Fsp3) is 0.545. The lowest BCUT2D eigenvalue weighted by atomic mass is 10.0. The summed E-state index contributed by atoms with van der Waals surface area (Å²) in [5.41, 5.74) is 0.360. The summed E-state index contributed by atoms with van der Waals surface area (Å²) in [6.07, 6.45) is 3.04. The Hall–Kier alpha value is -1.56. The fourth-order valence-corrected chi connectivity index (χ4v) is 2.28. The van der Waals surface area contributed by atoms with Crippen LogP contribution >= 0.6 is 11.6 Å². The molecule has 1 fully saturated rings. The van der Waals surface area contributed by atoms with Crippen LogP contribution in [0.1, 0.15) is 29.8 Å². The highest BCUT2D eigenvalue weighted by atomic mass is 35.5. The van der Waals surface area contributed by atoms with Gasteiger partial charge in [0.25, 0.3) is 5.91 Å². The summed E-state index contributed by atoms with van der Waals surface area (Å²) in [4.78, 5) is 24.1. The molecule has 0 atom stereocenters. The Morgan fingerprint density at radius 2 is 2.28 bits per heavy atom. The fourth-order valence-electron chi connectivity index (χ4n) is 1.88. The Morgan fingerprint density at radius 3 is 2.78 bits per heavy atom. The average Bonchev–Trinajstić information content (AvgIpc) is 2.92. The van der Waals surface area contributed by atoms with Crippen LogP contribution in [0.2, 0.25) is 0 Å². The second-order valence-corrected chi connectivity index (χ2v) is 5.01. The molecule has 1 heterocycles. The SMILES string of the molecule is O=C(NCC1(CCCl)CC1)c1ccc([N+](=O)[O-])[nH]1. The Bertz CT molecular complexity index is 468. The molecule has 18 heavy (non-hydrogen) atoms. The highest BCUT2D eigenvalue weighted by molar-refractivity contribution is 6.17. The standard InChI is InChI=1S/C11H14ClN3O3/c12-6-5-11(3-4-11)7-13-10(16)8-1-2-9(14-8)15(17)18/h1-2,14H,3-7H2,(H,13,16). The van der Waals surface area contributed by atoms with Gasteiger partial charge in [-0.3, -0.25) is 4.79 Å². The highest BCUT2D eigenvalue weighted by Gasteiger charge is 2.42. The van der Waals surface area contributed by atoms with Crippen molar-refractivity contribution in [2.45, 2.75) is 19.3 Å². The largest absolute Gasteiger partial charge is 0.358 e. The van der Waals surface area contributed by atoms with Gasteiger partial charge in [0, 0.05) is 18.5 Å². The molecule has 2 N–H and O–H groups in total. The van der Waals surface area contributed by atoms with E-state index in [9.17, 15) is 14.9 Å². The summed E-state index contributed by atoms with van der Waals surface area (Å²) in [7, 11) is 0. The lowest BCUT2D eigenvalue weighted by Crippen LogP contribution is -2.30. The zero-order valence-electron chi connectivity index (χ0n) is 9.74. The zero-order valence-corrected chi connectivity index (χ0v) is 10.5. The van der Waals surface area contributed by atoms with Gasteiger partial charge in [-0.05, 0) is 35.7 Å². The Balaban J connectivity index is 1.89. The van der Waals surface area contributed by atoms with Crippen molar-refractivity contribution in [1.29, 1.82) is 0 Å². The van der Waals surface area contributed by atoms with Gasteiger partial charge in [0.05, 0.1) is 0 Å². The molecule has 0 aromatic carbocycles. The van der Waals surface area contributed by atoms with E-state index in [1.165, 1.54) is 12.1 Å². The second kappa shape index (κ2) is 4.97. The molecule has 6 nitrogen and oxygen atoms in total. The minimum atomic E-state index is -0.563. The molecule has 0 saturated heterocycles. The number of nitro groups is 1. The maximum Gasteiger partial charge on any atom is 0.321 e. The first-order chi connectivity index (χ1) is 8.56. The van der Waals surface area contributed by atoms with Crippen molar-refractivity contribution in [3.05, 3.63) is 27.9 Å². The molecular weight excluding hydrogens is 258 g/mol. The molecule has 2 rings (SSSR count). The molecule has 98 valence electrons. The van der Waals surface area contributed by atoms with Gasteiger partial charge in [-0.1, -0.05) is 0 Å². The van der Waals surface area contributed by atoms with Crippen molar-refractivity contribution in [1.82, 2.24) is 10.3 Å². The van der Waals surface area contributed by atoms with E-state index >= 15 is 0 Å². The Kier molecular flexibility index (Phi) is 3.56. The molecule has 7 heteroatoms. The van der Waals surface area contributed by atoms with Gasteiger partial charge in [-0.25, -0.2) is 4.98 Å². The normalized spacial score (nSPS) is 16.3. The number of aromatic nitrogens is 1. The molecule has 1 aliphatic rings. The minimum absolute atomic E-state index is 0.149. The van der Waals surface area contributed by atoms with E-state index in [0.717, 1.165) is 19.3 Å². The number of nitrogens with zero attached hydrogens (tertiary/aromatic N) is 1. The van der Waals surface area contributed by atoms with E-state index in [1.54, 1.807) is 0 Å². The number of alkyl halides is 1. The lowest BCUT2D eigenvalue weighted by molar-refractivity contribution is -0.389. The number of carbonyl (C=O) groups excluding carboxylic acids is 1. The first-order valence-electron chi connectivity index (χ1n) is 5.74. The first-order valence-corrected chi connectivity index (χ1v) is 6.27. The average molecular weight is 272 g/mol. The van der Waals surface area contributed by atoms with Gasteiger partial charge < -0.3 is 15.4 Å². The summed E-state index contributed by atoms with van der Waals surface area (Å²) in [6, 6.07) is 2.69. The van der Waals surface area contributed by atoms with Crippen LogP contribution < -0.4 is 5.32 Å². The van der Waals surface area contributed by atoms with Crippen molar-refractivity contribution < 1.29 is 9.72 Å². The first kappa shape index (κ1) is 12.9. The quantitative estimate of drug-likeness (QED) is 0.471. The maximum absolute atomic E-state index is 11.8. The number of amides is 1. The zero-order chi connectivity index (χ0) is 13.2. The molecule has 0 unspecified atom stereocenters. The van der Waals surface area contributed by atoms with Crippen LogP contribution in [0, 0.1) is 15.5 Å². The van der Waals surface area contributed by atoms with E-state index in [2.05, 4.69) is 10.3 Å². The molecule has 0 radical (unpaired) electrons. The van der Waals surface area contributed by atoms with Crippen molar-refractivity contribution in [2.75, 3.05) is 12.4 Å². The Labute approximate surface area is 109 Å². The van der Waals surface area contributed by atoms with Gasteiger partial charge in [0.1, 0.15) is 0 Å². The van der Waals surface area contributed by atoms with Crippen molar-refractivity contribution >= 4 is 23.3 Å². The molecular formula is C11H14ClN3O3. The van der Waals surface area contributed by atoms with Crippen LogP contribution in [0.4, 0.5) is 5.82 Å². The molecule has 1 saturated carbocycles. The van der Waals surface area contributed by atoms with Crippen LogP contribution in [-0.4, -0.2) is 28.2 Å². The van der Waals surface area contributed by atoms with Crippen molar-refractivity contribution in [2.24, 2.45) is 5.41 Å². The minimum Gasteiger partial charge on any atom is -0.358 e. The van der Waals surface area contributed by atoms with Gasteiger partial charge in [-0.15, -0.1) is 11.6 Å². The van der Waals surface area contributed by atoms with Gasteiger partial charge in [0.2, 0.25) is 0 Å². The highest BCUT2D eigenvalue weighted by Crippen LogP contribution is 2.48. The monoisotopic (exact) mass is 271 g/mol. The molecule has 1 aliphatic carbocycles. The summed E-state index contributed by atoms with van der Waals surface area (Å²) >= 11 is 5.70. The summed E-state index contributed by atoms with van der Waals surface area (Å²) in [6.45, 7) is 0.575. The predicted octanol–water partition coefficient (Wildman–Crippen LogP) is 2.06. The molecule has 1 aromatic rings. The van der Waals surface area contributed by atoms with Gasteiger partial charge in [-0.2, -0.15) is 0 Å². The molecule has 1 aromatic heterocycles. The number of H-pyrrole nitrogens is 1. The van der Waals surface area contributed by atoms with Gasteiger partial charge >= 0.3 is 5.82 Å². The number of rotatable bonds is 6. The van der Waals surface area contributed by atoms with Crippen LogP contribution in [-0.2, 0) is 0 Å². The number of aromatic amines is 1. The number of halogens is 1. The number of carbonyl (C=O) groups is 1. The summed E-state index contributed by atoms with van der Waals surface area (Å²) < 4.78 is 0. The maximum atomic E-state index is 11.8. The molecule has 0 bridgehead atoms. The van der Waals surface area contributed by atoms with E-state index in [1.807, 2.05) is 0 Å². The van der Waals surface area contributed by atoms with E-state index in [4.69, 9.17) is 11.6 Å². The summed E-state index contributed by atoms with van der Waals surface area (Å²) in [5, 5.41) is 13.3. The van der Waals surface area contributed by atoms with Crippen LogP contribution in [0.15, 0.2) is 12.1 Å². The van der Waals surface area contributed by atoms with Crippen molar-refractivity contribution in [3.8, 4) is 0 Å². The predicted molar refractivity (Wildman–Crippen MR) is 66.8 cm³/mol. The van der Waals surface area contributed by atoms with Crippen LogP contribution in [0.3, 0.4) is 0 Å². The lowest BCUT2D eigenvalue weighted by Gasteiger charge is -2.13. The third-order valence-electron chi connectivity index (χ3n) is 3.32. The summed E-state index contributed by atoms with van der Waals surface area (Å²) in [5.74, 6) is 0.0927. The van der Waals surface area contributed by atoms with E-state index in [-0.39, 0.29) is 22.8 Å². The topological polar surface area (TPSA) is 88.0 Å². The third-order valence-corrected chi connectivity index (χ3v) is 3.51. The second-order valence-electron chi connectivity index (χ2n) is 4.64. The van der Waals surface area contributed by atoms with Gasteiger partial charge in [0.15, 0.2) is 5.69 Å². The van der Waals surface area contributed by atoms with Crippen molar-refractivity contribution in [3.63, 3.8) is 0 Å². The smallest absolute Gasteiger partial charge is 0.321 e.